The van der Waals surface area contributed by atoms with E-state index >= 15 is 0 Å². The first-order valence-electron chi connectivity index (χ1n) is 6.78. The molecular weight excluding hydrogens is 258 g/mol. The van der Waals surface area contributed by atoms with E-state index in [0.717, 1.165) is 17.3 Å². The highest BCUT2D eigenvalue weighted by molar-refractivity contribution is 7.12. The molecule has 1 aromatic rings. The molecule has 0 saturated carbocycles. The van der Waals surface area contributed by atoms with Crippen molar-refractivity contribution >= 4 is 23.4 Å². The highest BCUT2D eigenvalue weighted by Gasteiger charge is 2.22. The molecule has 0 bridgehead atoms. The molecule has 0 spiro atoms. The van der Waals surface area contributed by atoms with Gasteiger partial charge in [-0.15, -0.1) is 11.3 Å². The van der Waals surface area contributed by atoms with Crippen molar-refractivity contribution in [3.63, 3.8) is 0 Å². The van der Waals surface area contributed by atoms with E-state index in [1.165, 1.54) is 30.3 Å². The number of piperidine rings is 1. The van der Waals surface area contributed by atoms with Gasteiger partial charge in [0.05, 0.1) is 0 Å². The number of rotatable bonds is 4. The van der Waals surface area contributed by atoms with Crippen LogP contribution in [0.3, 0.4) is 0 Å². The fourth-order valence-electron chi connectivity index (χ4n) is 2.61. The standard InChI is InChI=1S/C15H21NO2S/c1-11-7-8-16(12(2)9-11)10-14-4-3-13(19-14)5-6-15(17)18/h3-6,11-12H,7-10H2,1-2H3,(H,17,18). The summed E-state index contributed by atoms with van der Waals surface area (Å²) in [6.45, 7) is 6.78. The number of carbonyl (C=O) groups is 1. The number of thiophene rings is 1. The summed E-state index contributed by atoms with van der Waals surface area (Å²) < 4.78 is 0. The highest BCUT2D eigenvalue weighted by atomic mass is 32.1. The van der Waals surface area contributed by atoms with Gasteiger partial charge in [-0.2, -0.15) is 0 Å². The topological polar surface area (TPSA) is 40.5 Å². The minimum absolute atomic E-state index is 0.642. The average Bonchev–Trinajstić information content (AvgIpc) is 2.78. The summed E-state index contributed by atoms with van der Waals surface area (Å²) in [6.07, 6.45) is 5.41. The van der Waals surface area contributed by atoms with Gasteiger partial charge in [0.15, 0.2) is 0 Å². The van der Waals surface area contributed by atoms with E-state index in [2.05, 4.69) is 24.8 Å². The van der Waals surface area contributed by atoms with Crippen LogP contribution in [0.15, 0.2) is 18.2 Å². The summed E-state index contributed by atoms with van der Waals surface area (Å²) in [5.74, 6) is -0.0581. The number of nitrogens with zero attached hydrogens (tertiary/aromatic N) is 1. The van der Waals surface area contributed by atoms with Gasteiger partial charge in [0.25, 0.3) is 0 Å². The van der Waals surface area contributed by atoms with Gasteiger partial charge < -0.3 is 5.11 Å². The molecule has 1 aliphatic heterocycles. The zero-order valence-electron chi connectivity index (χ0n) is 11.5. The van der Waals surface area contributed by atoms with Gasteiger partial charge in [0.2, 0.25) is 0 Å². The predicted molar refractivity (Wildman–Crippen MR) is 79.3 cm³/mol. The molecule has 19 heavy (non-hydrogen) atoms. The molecule has 0 amide bonds. The van der Waals surface area contributed by atoms with Gasteiger partial charge >= 0.3 is 5.97 Å². The lowest BCUT2D eigenvalue weighted by Crippen LogP contribution is -2.39. The molecule has 104 valence electrons. The fraction of sp³-hybridized carbons (Fsp3) is 0.533. The van der Waals surface area contributed by atoms with E-state index in [-0.39, 0.29) is 0 Å². The molecule has 1 N–H and O–H groups in total. The summed E-state index contributed by atoms with van der Waals surface area (Å²) in [6, 6.07) is 4.75. The van der Waals surface area contributed by atoms with E-state index in [0.29, 0.717) is 6.04 Å². The van der Waals surface area contributed by atoms with Crippen LogP contribution in [0.25, 0.3) is 6.08 Å². The monoisotopic (exact) mass is 279 g/mol. The number of hydrogen-bond acceptors (Lipinski definition) is 3. The Morgan fingerprint density at radius 2 is 2.32 bits per heavy atom. The van der Waals surface area contributed by atoms with E-state index in [4.69, 9.17) is 5.11 Å². The first-order chi connectivity index (χ1) is 9.04. The molecule has 2 unspecified atom stereocenters. The van der Waals surface area contributed by atoms with Gasteiger partial charge in [0.1, 0.15) is 0 Å². The van der Waals surface area contributed by atoms with Crippen LogP contribution in [0.4, 0.5) is 0 Å². The first-order valence-corrected chi connectivity index (χ1v) is 7.60. The van der Waals surface area contributed by atoms with E-state index in [1.807, 2.05) is 6.07 Å². The molecule has 1 fully saturated rings. The predicted octanol–water partition coefficient (Wildman–Crippen LogP) is 3.47. The number of aliphatic carboxylic acids is 1. The minimum Gasteiger partial charge on any atom is -0.478 e. The fourth-order valence-corrected chi connectivity index (χ4v) is 3.55. The molecule has 0 aliphatic carbocycles. The van der Waals surface area contributed by atoms with Gasteiger partial charge in [-0.05, 0) is 50.4 Å². The molecule has 1 saturated heterocycles. The Bertz CT molecular complexity index is 466. The summed E-state index contributed by atoms with van der Waals surface area (Å²) in [5, 5.41) is 8.61. The van der Waals surface area contributed by atoms with Crippen LogP contribution in [-0.2, 0) is 11.3 Å². The molecule has 4 heteroatoms. The number of hydrogen-bond donors (Lipinski definition) is 1. The SMILES string of the molecule is CC1CCN(Cc2ccc(C=CC(=O)O)s2)C(C)C1. The highest BCUT2D eigenvalue weighted by Crippen LogP contribution is 2.26. The Hall–Kier alpha value is -1.13. The maximum absolute atomic E-state index is 10.5. The zero-order chi connectivity index (χ0) is 13.8. The van der Waals surface area contributed by atoms with Crippen LogP contribution < -0.4 is 0 Å². The molecule has 1 aliphatic rings. The van der Waals surface area contributed by atoms with Crippen LogP contribution in [0.2, 0.25) is 0 Å². The molecule has 0 radical (unpaired) electrons. The quantitative estimate of drug-likeness (QED) is 0.858. The molecule has 2 heterocycles. The Morgan fingerprint density at radius 3 is 3.00 bits per heavy atom. The maximum Gasteiger partial charge on any atom is 0.328 e. The number of carboxylic acid groups (broad SMARTS) is 1. The van der Waals surface area contributed by atoms with Crippen LogP contribution in [0.5, 0.6) is 0 Å². The largest absolute Gasteiger partial charge is 0.478 e. The molecule has 2 atom stereocenters. The molecule has 0 aromatic carbocycles. The summed E-state index contributed by atoms with van der Waals surface area (Å²) >= 11 is 1.68. The second kappa shape index (κ2) is 6.35. The molecule has 1 aromatic heterocycles. The Kier molecular flexibility index (Phi) is 4.77. The van der Waals surface area contributed by atoms with Crippen molar-refractivity contribution < 1.29 is 9.90 Å². The average molecular weight is 279 g/mol. The van der Waals surface area contributed by atoms with Gasteiger partial charge in [-0.1, -0.05) is 6.92 Å². The smallest absolute Gasteiger partial charge is 0.328 e. The first kappa shape index (κ1) is 14.3. The summed E-state index contributed by atoms with van der Waals surface area (Å²) in [7, 11) is 0. The third-order valence-corrected chi connectivity index (χ3v) is 4.74. The number of likely N-dealkylation sites (tertiary alicyclic amines) is 1. The summed E-state index contributed by atoms with van der Waals surface area (Å²) in [4.78, 5) is 15.3. The van der Waals surface area contributed by atoms with Crippen molar-refractivity contribution in [2.45, 2.75) is 39.3 Å². The van der Waals surface area contributed by atoms with Gasteiger partial charge in [-0.3, -0.25) is 4.90 Å². The Balaban J connectivity index is 1.94. The zero-order valence-corrected chi connectivity index (χ0v) is 12.3. The van der Waals surface area contributed by atoms with E-state index in [9.17, 15) is 4.79 Å². The van der Waals surface area contributed by atoms with E-state index < -0.39 is 5.97 Å². The van der Waals surface area contributed by atoms with Crippen LogP contribution in [0.1, 0.15) is 36.4 Å². The van der Waals surface area contributed by atoms with Crippen LogP contribution >= 0.6 is 11.3 Å². The lowest BCUT2D eigenvalue weighted by Gasteiger charge is -2.36. The van der Waals surface area contributed by atoms with Crippen molar-refractivity contribution in [3.05, 3.63) is 28.0 Å². The second-order valence-corrected chi connectivity index (χ2v) is 6.62. The number of carboxylic acids is 1. The van der Waals surface area contributed by atoms with Crippen LogP contribution in [0, 0.1) is 5.92 Å². The van der Waals surface area contributed by atoms with Gasteiger partial charge in [0, 0.05) is 28.4 Å². The van der Waals surface area contributed by atoms with Gasteiger partial charge in [-0.25, -0.2) is 4.79 Å². The summed E-state index contributed by atoms with van der Waals surface area (Å²) in [5.41, 5.74) is 0. The van der Waals surface area contributed by atoms with Crippen LogP contribution in [-0.4, -0.2) is 28.6 Å². The molecule has 2 rings (SSSR count). The van der Waals surface area contributed by atoms with Crippen molar-refractivity contribution in [2.75, 3.05) is 6.54 Å². The third-order valence-electron chi connectivity index (χ3n) is 3.71. The van der Waals surface area contributed by atoms with Crippen molar-refractivity contribution in [3.8, 4) is 0 Å². The second-order valence-electron chi connectivity index (χ2n) is 5.42. The van der Waals surface area contributed by atoms with Crippen molar-refractivity contribution in [1.82, 2.24) is 4.90 Å². The maximum atomic E-state index is 10.5. The third kappa shape index (κ3) is 4.18. The van der Waals surface area contributed by atoms with E-state index in [1.54, 1.807) is 17.4 Å². The lowest BCUT2D eigenvalue weighted by molar-refractivity contribution is -0.131. The Labute approximate surface area is 118 Å². The Morgan fingerprint density at radius 1 is 1.53 bits per heavy atom. The lowest BCUT2D eigenvalue weighted by atomic mass is 9.93. The minimum atomic E-state index is -0.895. The normalized spacial score (nSPS) is 24.9. The van der Waals surface area contributed by atoms with Crippen molar-refractivity contribution in [1.29, 1.82) is 0 Å². The molecule has 3 nitrogen and oxygen atoms in total. The molecular formula is C15H21NO2S. The van der Waals surface area contributed by atoms with Crippen molar-refractivity contribution in [2.24, 2.45) is 5.92 Å².